The van der Waals surface area contributed by atoms with Crippen LogP contribution in [0.2, 0.25) is 0 Å². The molecule has 0 amide bonds. The van der Waals surface area contributed by atoms with Crippen LogP contribution in [0.4, 0.5) is 5.69 Å². The second-order valence-corrected chi connectivity index (χ2v) is 3.35. The lowest BCUT2D eigenvalue weighted by Gasteiger charge is -1.99. The highest BCUT2D eigenvalue weighted by molar-refractivity contribution is 5.95. The van der Waals surface area contributed by atoms with Gasteiger partial charge in [0.1, 0.15) is 5.69 Å². The van der Waals surface area contributed by atoms with Crippen LogP contribution < -0.4 is 5.73 Å². The van der Waals surface area contributed by atoms with Gasteiger partial charge in [0, 0.05) is 22.7 Å². The fourth-order valence-corrected chi connectivity index (χ4v) is 1.74. The lowest BCUT2D eigenvalue weighted by molar-refractivity contribution is 0.433. The lowest BCUT2D eigenvalue weighted by atomic mass is 10.1. The Kier molecular flexibility index (Phi) is 1.56. The zero-order valence-electron chi connectivity index (χ0n) is 7.90. The number of H-pyrrole nitrogens is 1. The van der Waals surface area contributed by atoms with Crippen molar-refractivity contribution in [2.24, 2.45) is 0 Å². The van der Waals surface area contributed by atoms with Crippen LogP contribution in [0.25, 0.3) is 22.2 Å². The zero-order valence-corrected chi connectivity index (χ0v) is 7.90. The third kappa shape index (κ3) is 1.11. The number of nitrogens with one attached hydrogen (secondary N) is 1. The molecule has 0 fully saturated rings. The van der Waals surface area contributed by atoms with Crippen LogP contribution in [0.5, 0.6) is 0 Å². The molecule has 0 spiro atoms. The maximum Gasteiger partial charge on any atom is 0.190 e. The molecule has 4 heteroatoms. The highest BCUT2D eigenvalue weighted by Crippen LogP contribution is 2.31. The molecule has 0 aliphatic rings. The molecule has 0 aliphatic heterocycles. The maximum absolute atomic E-state index is 5.77. The number of fused-ring (bicyclic) bond motifs is 1. The normalized spacial score (nSPS) is 10.9. The predicted molar refractivity (Wildman–Crippen MR) is 58.2 cm³/mol. The van der Waals surface area contributed by atoms with E-state index in [1.54, 1.807) is 0 Å². The van der Waals surface area contributed by atoms with E-state index in [9.17, 15) is 0 Å². The van der Waals surface area contributed by atoms with Gasteiger partial charge in [-0.3, -0.25) is 0 Å². The van der Waals surface area contributed by atoms with Gasteiger partial charge in [-0.05, 0) is 12.1 Å². The first kappa shape index (κ1) is 8.11. The van der Waals surface area contributed by atoms with E-state index in [0.29, 0.717) is 11.4 Å². The van der Waals surface area contributed by atoms with Crippen LogP contribution in [-0.4, -0.2) is 10.1 Å². The van der Waals surface area contributed by atoms with Crippen molar-refractivity contribution in [3.63, 3.8) is 0 Å². The quantitative estimate of drug-likeness (QED) is 0.632. The van der Waals surface area contributed by atoms with E-state index < -0.39 is 0 Å². The molecular weight excluding hydrogens is 190 g/mol. The Morgan fingerprint density at radius 2 is 2.20 bits per heavy atom. The Morgan fingerprint density at radius 1 is 1.27 bits per heavy atom. The molecule has 0 saturated carbocycles. The molecule has 0 aliphatic carbocycles. The first-order valence-corrected chi connectivity index (χ1v) is 4.63. The zero-order chi connectivity index (χ0) is 10.3. The first-order chi connectivity index (χ1) is 7.36. The second-order valence-electron chi connectivity index (χ2n) is 3.35. The number of hydrogen-bond donors (Lipinski definition) is 2. The van der Waals surface area contributed by atoms with Crippen molar-refractivity contribution in [2.75, 3.05) is 5.73 Å². The predicted octanol–water partition coefficient (Wildman–Crippen LogP) is 2.41. The van der Waals surface area contributed by atoms with Crippen molar-refractivity contribution in [3.8, 4) is 11.3 Å². The molecule has 2 aromatic heterocycles. The summed E-state index contributed by atoms with van der Waals surface area (Å²) in [5.74, 6) is 0.625. The van der Waals surface area contributed by atoms with Gasteiger partial charge in [0.05, 0.1) is 6.20 Å². The van der Waals surface area contributed by atoms with Crippen molar-refractivity contribution in [1.29, 1.82) is 0 Å². The Balaban J connectivity index is 2.36. The maximum atomic E-state index is 5.77. The van der Waals surface area contributed by atoms with E-state index >= 15 is 0 Å². The van der Waals surface area contributed by atoms with Crippen molar-refractivity contribution in [3.05, 3.63) is 36.7 Å². The van der Waals surface area contributed by atoms with Crippen LogP contribution in [-0.2, 0) is 0 Å². The summed E-state index contributed by atoms with van der Waals surface area (Å²) in [7, 11) is 0. The molecular formula is C11H9N3O. The molecule has 2 heterocycles. The van der Waals surface area contributed by atoms with Gasteiger partial charge >= 0.3 is 0 Å². The van der Waals surface area contributed by atoms with Gasteiger partial charge in [-0.2, -0.15) is 0 Å². The Morgan fingerprint density at radius 3 is 3.00 bits per heavy atom. The number of nitrogens with two attached hydrogens (primary N) is 1. The number of hydrogen-bond acceptors (Lipinski definition) is 3. The summed E-state index contributed by atoms with van der Waals surface area (Å²) in [6.07, 6.45) is 3.40. The molecule has 0 radical (unpaired) electrons. The molecule has 3 aromatic rings. The summed E-state index contributed by atoms with van der Waals surface area (Å²) in [5.41, 5.74) is 8.35. The number of benzene rings is 1. The van der Waals surface area contributed by atoms with E-state index in [1.165, 1.54) is 6.20 Å². The molecule has 0 unspecified atom stereocenters. The van der Waals surface area contributed by atoms with E-state index in [1.807, 2.05) is 30.5 Å². The molecule has 3 rings (SSSR count). The van der Waals surface area contributed by atoms with Crippen LogP contribution in [0.3, 0.4) is 0 Å². The molecule has 3 N–H and O–H groups in total. The average molecular weight is 199 g/mol. The largest absolute Gasteiger partial charge is 0.394 e. The standard InChI is InChI=1S/C11H9N3O/c12-9-6-14-15-11(9)8-2-1-3-10-7(8)4-5-13-10/h1-6,13H,12H2. The van der Waals surface area contributed by atoms with Gasteiger partial charge in [-0.25, -0.2) is 0 Å². The monoisotopic (exact) mass is 199 g/mol. The summed E-state index contributed by atoms with van der Waals surface area (Å²) >= 11 is 0. The summed E-state index contributed by atoms with van der Waals surface area (Å²) in [6.45, 7) is 0. The molecule has 1 aromatic carbocycles. The minimum Gasteiger partial charge on any atom is -0.394 e. The number of anilines is 1. The van der Waals surface area contributed by atoms with Crippen molar-refractivity contribution in [1.82, 2.24) is 10.1 Å². The molecule has 4 nitrogen and oxygen atoms in total. The van der Waals surface area contributed by atoms with Gasteiger partial charge < -0.3 is 15.2 Å². The number of nitrogens with zero attached hydrogens (tertiary/aromatic N) is 1. The summed E-state index contributed by atoms with van der Waals surface area (Å²) < 4.78 is 5.14. The first-order valence-electron chi connectivity index (χ1n) is 4.63. The van der Waals surface area contributed by atoms with Crippen molar-refractivity contribution >= 4 is 16.6 Å². The SMILES string of the molecule is Nc1cnoc1-c1cccc2[nH]ccc12. The fourth-order valence-electron chi connectivity index (χ4n) is 1.74. The summed E-state index contributed by atoms with van der Waals surface area (Å²) in [6, 6.07) is 7.92. The summed E-state index contributed by atoms with van der Waals surface area (Å²) in [5, 5.41) is 4.76. The fraction of sp³-hybridized carbons (Fsp3) is 0. The van der Waals surface area contributed by atoms with Crippen LogP contribution in [0.15, 0.2) is 41.2 Å². The molecule has 15 heavy (non-hydrogen) atoms. The minimum absolute atomic E-state index is 0.559. The third-order valence-corrected chi connectivity index (χ3v) is 2.44. The topological polar surface area (TPSA) is 67.8 Å². The van der Waals surface area contributed by atoms with Gasteiger partial charge in [0.25, 0.3) is 0 Å². The smallest absolute Gasteiger partial charge is 0.190 e. The average Bonchev–Trinajstić information content (AvgIpc) is 2.85. The Bertz CT molecular complexity index is 609. The van der Waals surface area contributed by atoms with Crippen molar-refractivity contribution < 1.29 is 4.52 Å². The molecule has 74 valence electrons. The van der Waals surface area contributed by atoms with E-state index in [0.717, 1.165) is 16.5 Å². The highest BCUT2D eigenvalue weighted by atomic mass is 16.5. The summed E-state index contributed by atoms with van der Waals surface area (Å²) in [4.78, 5) is 3.14. The minimum atomic E-state index is 0.559. The van der Waals surface area contributed by atoms with E-state index in [2.05, 4.69) is 10.1 Å². The van der Waals surface area contributed by atoms with Gasteiger partial charge in [-0.1, -0.05) is 17.3 Å². The van der Waals surface area contributed by atoms with E-state index in [-0.39, 0.29) is 0 Å². The third-order valence-electron chi connectivity index (χ3n) is 2.44. The highest BCUT2D eigenvalue weighted by Gasteiger charge is 2.11. The van der Waals surface area contributed by atoms with Crippen LogP contribution >= 0.6 is 0 Å². The van der Waals surface area contributed by atoms with Crippen LogP contribution in [0, 0.1) is 0 Å². The Hall–Kier alpha value is -2.23. The molecule has 0 atom stereocenters. The van der Waals surface area contributed by atoms with Gasteiger partial charge in [0.15, 0.2) is 5.76 Å². The van der Waals surface area contributed by atoms with Crippen LogP contribution in [0.1, 0.15) is 0 Å². The second kappa shape index (κ2) is 2.88. The van der Waals surface area contributed by atoms with Gasteiger partial charge in [0.2, 0.25) is 0 Å². The molecule has 0 saturated heterocycles. The Labute approximate surface area is 85.7 Å². The van der Waals surface area contributed by atoms with Crippen molar-refractivity contribution in [2.45, 2.75) is 0 Å². The number of rotatable bonds is 1. The van der Waals surface area contributed by atoms with Gasteiger partial charge in [-0.15, -0.1) is 0 Å². The lowest BCUT2D eigenvalue weighted by Crippen LogP contribution is -1.84. The van der Waals surface area contributed by atoms with E-state index in [4.69, 9.17) is 10.3 Å². The number of nitrogen functional groups attached to an aromatic ring is 1. The molecule has 0 bridgehead atoms. The number of aromatic amines is 1. The number of aromatic nitrogens is 2.